The second-order valence-electron chi connectivity index (χ2n) is 8.90. The number of benzene rings is 3. The van der Waals surface area contributed by atoms with E-state index in [4.69, 9.17) is 10.5 Å². The summed E-state index contributed by atoms with van der Waals surface area (Å²) in [7, 11) is 0. The molecule has 0 aliphatic heterocycles. The molecule has 4 rings (SSSR count). The van der Waals surface area contributed by atoms with Crippen LogP contribution in [0.1, 0.15) is 33.4 Å². The second-order valence-corrected chi connectivity index (χ2v) is 8.90. The fourth-order valence-electron chi connectivity index (χ4n) is 4.11. The third-order valence-electron chi connectivity index (χ3n) is 6.00. The van der Waals surface area contributed by atoms with Crippen LogP contribution in [0, 0.1) is 36.5 Å². The van der Waals surface area contributed by atoms with E-state index in [0.717, 1.165) is 28.4 Å². The van der Waals surface area contributed by atoms with Crippen LogP contribution in [0.2, 0.25) is 0 Å². The zero-order valence-corrected chi connectivity index (χ0v) is 21.6. The molecular formula is C30H24F3N7. The molecule has 1 aromatic heterocycles. The monoisotopic (exact) mass is 539 g/mol. The van der Waals surface area contributed by atoms with E-state index in [2.05, 4.69) is 32.0 Å². The number of nitriles is 2. The molecule has 0 spiro atoms. The molecule has 0 amide bonds. The van der Waals surface area contributed by atoms with Crippen molar-refractivity contribution in [2.24, 2.45) is 0 Å². The SMILES string of the molecule is Cc1cc(/C=C/C#N)cc(C)c1Nc1nc(Nc2ccc(C#N)cc2)ncc1NCc1ccccc1C(F)(F)F. The van der Waals surface area contributed by atoms with Crippen molar-refractivity contribution in [1.29, 1.82) is 10.5 Å². The molecule has 3 aromatic carbocycles. The Morgan fingerprint density at radius 2 is 1.65 bits per heavy atom. The van der Waals surface area contributed by atoms with Crippen molar-refractivity contribution in [2.75, 3.05) is 16.0 Å². The van der Waals surface area contributed by atoms with Gasteiger partial charge < -0.3 is 16.0 Å². The van der Waals surface area contributed by atoms with Crippen LogP contribution in [-0.4, -0.2) is 9.97 Å². The molecule has 0 fully saturated rings. The van der Waals surface area contributed by atoms with E-state index in [-0.39, 0.29) is 18.1 Å². The minimum Gasteiger partial charge on any atom is -0.377 e. The Bertz CT molecular complexity index is 1610. The summed E-state index contributed by atoms with van der Waals surface area (Å²) in [5, 5.41) is 27.3. The molecule has 40 heavy (non-hydrogen) atoms. The number of nitrogens with zero attached hydrogens (tertiary/aromatic N) is 4. The lowest BCUT2D eigenvalue weighted by molar-refractivity contribution is -0.138. The summed E-state index contributed by atoms with van der Waals surface area (Å²) in [6.45, 7) is 3.71. The average molecular weight is 540 g/mol. The fourth-order valence-corrected chi connectivity index (χ4v) is 4.11. The zero-order chi connectivity index (χ0) is 28.7. The van der Waals surface area contributed by atoms with Gasteiger partial charge in [0.1, 0.15) is 0 Å². The van der Waals surface area contributed by atoms with Crippen molar-refractivity contribution in [3.63, 3.8) is 0 Å². The molecule has 0 aliphatic rings. The van der Waals surface area contributed by atoms with Gasteiger partial charge in [-0.25, -0.2) is 4.98 Å². The lowest BCUT2D eigenvalue weighted by Gasteiger charge is -2.19. The number of allylic oxidation sites excluding steroid dienone is 1. The molecule has 0 bridgehead atoms. The lowest BCUT2D eigenvalue weighted by Crippen LogP contribution is -2.13. The van der Waals surface area contributed by atoms with Gasteiger partial charge in [-0.2, -0.15) is 28.7 Å². The molecule has 0 aliphatic carbocycles. The molecule has 3 N–H and O–H groups in total. The van der Waals surface area contributed by atoms with Crippen LogP contribution in [0.15, 0.2) is 72.9 Å². The molecular weight excluding hydrogens is 515 g/mol. The normalized spacial score (nSPS) is 11.1. The number of alkyl halides is 3. The molecule has 4 aromatic rings. The summed E-state index contributed by atoms with van der Waals surface area (Å²) < 4.78 is 40.6. The maximum atomic E-state index is 13.5. The zero-order valence-electron chi connectivity index (χ0n) is 21.6. The van der Waals surface area contributed by atoms with Gasteiger partial charge in [-0.3, -0.25) is 0 Å². The predicted molar refractivity (Wildman–Crippen MR) is 149 cm³/mol. The maximum Gasteiger partial charge on any atom is 0.416 e. The maximum absolute atomic E-state index is 13.5. The quantitative estimate of drug-likeness (QED) is 0.198. The smallest absolute Gasteiger partial charge is 0.377 e. The Labute approximate surface area is 229 Å². The highest BCUT2D eigenvalue weighted by atomic mass is 19.4. The van der Waals surface area contributed by atoms with Crippen LogP contribution in [0.3, 0.4) is 0 Å². The van der Waals surface area contributed by atoms with Gasteiger partial charge in [-0.05, 0) is 84.6 Å². The van der Waals surface area contributed by atoms with Crippen LogP contribution < -0.4 is 16.0 Å². The summed E-state index contributed by atoms with van der Waals surface area (Å²) in [4.78, 5) is 8.95. The largest absolute Gasteiger partial charge is 0.416 e. The number of rotatable bonds is 8. The van der Waals surface area contributed by atoms with E-state index in [1.807, 2.05) is 32.0 Å². The number of nitrogens with one attached hydrogen (secondary N) is 3. The fraction of sp³-hybridized carbons (Fsp3) is 0.133. The Kier molecular flexibility index (Phi) is 8.31. The highest BCUT2D eigenvalue weighted by Gasteiger charge is 2.32. The number of anilines is 5. The van der Waals surface area contributed by atoms with Gasteiger partial charge in [0.15, 0.2) is 5.82 Å². The van der Waals surface area contributed by atoms with Gasteiger partial charge in [0.2, 0.25) is 5.95 Å². The minimum atomic E-state index is -4.49. The van der Waals surface area contributed by atoms with Gasteiger partial charge in [0.05, 0.1) is 35.1 Å². The molecule has 0 radical (unpaired) electrons. The molecule has 1 heterocycles. The van der Waals surface area contributed by atoms with Crippen molar-refractivity contribution >= 4 is 34.9 Å². The van der Waals surface area contributed by atoms with E-state index in [1.165, 1.54) is 24.4 Å². The minimum absolute atomic E-state index is 0.0849. The lowest BCUT2D eigenvalue weighted by atomic mass is 10.0. The first kappa shape index (κ1) is 27.7. The molecule has 0 saturated heterocycles. The Balaban J connectivity index is 1.68. The molecule has 0 atom stereocenters. The Hall–Kier alpha value is -5.35. The van der Waals surface area contributed by atoms with Crippen molar-refractivity contribution < 1.29 is 13.2 Å². The van der Waals surface area contributed by atoms with Crippen LogP contribution >= 0.6 is 0 Å². The van der Waals surface area contributed by atoms with Gasteiger partial charge in [0, 0.05) is 24.0 Å². The highest BCUT2D eigenvalue weighted by molar-refractivity contribution is 5.76. The second kappa shape index (κ2) is 12.0. The van der Waals surface area contributed by atoms with Gasteiger partial charge >= 0.3 is 6.18 Å². The highest BCUT2D eigenvalue weighted by Crippen LogP contribution is 2.34. The van der Waals surface area contributed by atoms with Gasteiger partial charge in [0.25, 0.3) is 0 Å². The molecule has 0 saturated carbocycles. The van der Waals surface area contributed by atoms with Crippen LogP contribution in [0.4, 0.5) is 42.0 Å². The molecule has 10 heteroatoms. The van der Waals surface area contributed by atoms with Crippen LogP contribution in [0.5, 0.6) is 0 Å². The number of aryl methyl sites for hydroxylation is 2. The summed E-state index contributed by atoms with van der Waals surface area (Å²) in [6.07, 6.45) is 0.111. The van der Waals surface area contributed by atoms with Crippen LogP contribution in [-0.2, 0) is 12.7 Å². The summed E-state index contributed by atoms with van der Waals surface area (Å²) >= 11 is 0. The summed E-state index contributed by atoms with van der Waals surface area (Å²) in [5.74, 6) is 0.597. The third-order valence-corrected chi connectivity index (χ3v) is 6.00. The average Bonchev–Trinajstić information content (AvgIpc) is 2.93. The summed E-state index contributed by atoms with van der Waals surface area (Å²) in [5.41, 5.74) is 4.31. The standard InChI is InChI=1S/C30H24F3N7/c1-19-14-22(6-5-13-34)15-20(2)27(19)39-28-26(36-17-23-7-3-4-8-25(23)30(31,32)33)18-37-29(40-28)38-24-11-9-21(16-35)10-12-24/h3-12,14-15,18,36H,17H2,1-2H3,(H2,37,38,39,40)/b6-5+. The first-order valence-electron chi connectivity index (χ1n) is 12.2. The first-order valence-corrected chi connectivity index (χ1v) is 12.2. The molecule has 200 valence electrons. The number of aromatic nitrogens is 2. The first-order chi connectivity index (χ1) is 19.2. The molecule has 0 unspecified atom stereocenters. The number of hydrogen-bond donors (Lipinski definition) is 3. The summed E-state index contributed by atoms with van der Waals surface area (Å²) in [6, 6.07) is 20.0. The predicted octanol–water partition coefficient (Wildman–Crippen LogP) is 7.62. The van der Waals surface area contributed by atoms with Gasteiger partial charge in [-0.1, -0.05) is 18.2 Å². The van der Waals surface area contributed by atoms with E-state index < -0.39 is 11.7 Å². The van der Waals surface area contributed by atoms with E-state index >= 15 is 0 Å². The van der Waals surface area contributed by atoms with Crippen molar-refractivity contribution in [1.82, 2.24) is 9.97 Å². The van der Waals surface area contributed by atoms with E-state index in [9.17, 15) is 13.2 Å². The van der Waals surface area contributed by atoms with E-state index in [0.29, 0.717) is 22.8 Å². The van der Waals surface area contributed by atoms with Gasteiger partial charge in [-0.15, -0.1) is 0 Å². The third kappa shape index (κ3) is 6.74. The van der Waals surface area contributed by atoms with Crippen molar-refractivity contribution in [3.05, 3.63) is 106 Å². The topological polar surface area (TPSA) is 109 Å². The molecule has 7 nitrogen and oxygen atoms in total. The van der Waals surface area contributed by atoms with Crippen molar-refractivity contribution in [3.8, 4) is 12.1 Å². The van der Waals surface area contributed by atoms with Crippen molar-refractivity contribution in [2.45, 2.75) is 26.6 Å². The number of hydrogen-bond acceptors (Lipinski definition) is 7. The Morgan fingerprint density at radius 3 is 2.30 bits per heavy atom. The van der Waals surface area contributed by atoms with E-state index in [1.54, 1.807) is 36.4 Å². The Morgan fingerprint density at radius 1 is 0.950 bits per heavy atom. The number of halogens is 3. The van der Waals surface area contributed by atoms with Crippen LogP contribution in [0.25, 0.3) is 6.08 Å².